The van der Waals surface area contributed by atoms with E-state index in [-0.39, 0.29) is 24.3 Å². The van der Waals surface area contributed by atoms with Crippen molar-refractivity contribution in [1.82, 2.24) is 9.80 Å². The van der Waals surface area contributed by atoms with Crippen LogP contribution in [0.5, 0.6) is 0 Å². The monoisotopic (exact) mass is 518 g/mol. The molecule has 2 atom stereocenters. The van der Waals surface area contributed by atoms with Crippen LogP contribution < -0.4 is 0 Å². The van der Waals surface area contributed by atoms with E-state index >= 15 is 0 Å². The van der Waals surface area contributed by atoms with Crippen LogP contribution in [-0.4, -0.2) is 55.8 Å². The number of nitrogens with zero attached hydrogens (tertiary/aromatic N) is 2. The predicted molar refractivity (Wildman–Crippen MR) is 120 cm³/mol. The van der Waals surface area contributed by atoms with Crippen molar-refractivity contribution in [1.29, 1.82) is 0 Å². The summed E-state index contributed by atoms with van der Waals surface area (Å²) < 4.78 is 90.6. The second-order valence-electron chi connectivity index (χ2n) is 8.63. The number of methoxy groups -OCH3 is 1. The molecule has 2 aromatic carbocycles. The van der Waals surface area contributed by atoms with Gasteiger partial charge in [-0.25, -0.2) is 0 Å². The number of carbonyl (C=O) groups excluding carboxylic acids is 1. The van der Waals surface area contributed by atoms with E-state index in [2.05, 4.69) is 0 Å². The Morgan fingerprint density at radius 3 is 2.22 bits per heavy atom. The summed E-state index contributed by atoms with van der Waals surface area (Å²) in [6.07, 6.45) is -8.41. The molecule has 11 heteroatoms. The Bertz CT molecular complexity index is 952. The second-order valence-corrected chi connectivity index (χ2v) is 8.63. The van der Waals surface area contributed by atoms with Crippen LogP contribution in [0.1, 0.15) is 41.1 Å². The average molecular weight is 518 g/mol. The molecule has 0 saturated carbocycles. The minimum absolute atomic E-state index is 0.104. The number of alkyl halides is 6. The summed E-state index contributed by atoms with van der Waals surface area (Å²) in [4.78, 5) is 15.1. The summed E-state index contributed by atoms with van der Waals surface area (Å²) in [5.41, 5.74) is -2.09. The van der Waals surface area contributed by atoms with Gasteiger partial charge < -0.3 is 14.4 Å². The van der Waals surface area contributed by atoms with Crippen LogP contribution >= 0.6 is 0 Å². The van der Waals surface area contributed by atoms with Crippen LogP contribution in [0.4, 0.5) is 26.3 Å². The summed E-state index contributed by atoms with van der Waals surface area (Å²) >= 11 is 0. The van der Waals surface area contributed by atoms with Gasteiger partial charge in [-0.05, 0) is 42.2 Å². The third-order valence-electron chi connectivity index (χ3n) is 6.03. The predicted octanol–water partition coefficient (Wildman–Crippen LogP) is 5.51. The molecule has 1 saturated heterocycles. The van der Waals surface area contributed by atoms with Gasteiger partial charge in [0, 0.05) is 20.2 Å². The molecule has 1 fully saturated rings. The molecule has 1 aliphatic heterocycles. The van der Waals surface area contributed by atoms with Gasteiger partial charge in [0.2, 0.25) is 6.41 Å². The molecule has 36 heavy (non-hydrogen) atoms. The lowest BCUT2D eigenvalue weighted by Crippen LogP contribution is -2.48. The van der Waals surface area contributed by atoms with Gasteiger partial charge in [-0.3, -0.25) is 9.69 Å². The molecular formula is C25H28F6N2O3. The molecule has 198 valence electrons. The molecule has 1 amide bonds. The number of amides is 1. The van der Waals surface area contributed by atoms with Crippen molar-refractivity contribution in [2.24, 2.45) is 0 Å². The van der Waals surface area contributed by atoms with Crippen molar-refractivity contribution in [2.45, 2.75) is 43.9 Å². The van der Waals surface area contributed by atoms with Crippen molar-refractivity contribution >= 4 is 6.41 Å². The lowest BCUT2D eigenvalue weighted by atomic mass is 9.92. The molecule has 0 aromatic heterocycles. The maximum Gasteiger partial charge on any atom is 0.416 e. The zero-order valence-corrected chi connectivity index (χ0v) is 19.7. The molecule has 0 aliphatic carbocycles. The maximum absolute atomic E-state index is 13.3. The topological polar surface area (TPSA) is 42.0 Å². The number of halogens is 6. The van der Waals surface area contributed by atoms with Crippen molar-refractivity contribution in [3.63, 3.8) is 0 Å². The fourth-order valence-electron chi connectivity index (χ4n) is 4.34. The Morgan fingerprint density at radius 1 is 1.03 bits per heavy atom. The zero-order valence-electron chi connectivity index (χ0n) is 19.7. The molecule has 0 bridgehead atoms. The Kier molecular flexibility index (Phi) is 9.37. The highest BCUT2D eigenvalue weighted by Crippen LogP contribution is 2.38. The van der Waals surface area contributed by atoms with E-state index in [0.717, 1.165) is 5.56 Å². The molecular weight excluding hydrogens is 490 g/mol. The summed E-state index contributed by atoms with van der Waals surface area (Å²) in [5, 5.41) is 0. The number of ether oxygens (including phenoxy) is 2. The lowest BCUT2D eigenvalue weighted by Gasteiger charge is -2.43. The number of likely N-dealkylation sites (tertiary alicyclic amines) is 1. The van der Waals surface area contributed by atoms with Crippen LogP contribution in [0.3, 0.4) is 0 Å². The van der Waals surface area contributed by atoms with Gasteiger partial charge in [0.1, 0.15) is 0 Å². The van der Waals surface area contributed by atoms with E-state index in [1.54, 1.807) is 4.90 Å². The van der Waals surface area contributed by atoms with E-state index in [1.165, 1.54) is 7.11 Å². The Hall–Kier alpha value is -2.63. The molecule has 3 rings (SSSR count). The first-order valence-corrected chi connectivity index (χ1v) is 11.4. The summed E-state index contributed by atoms with van der Waals surface area (Å²) in [7, 11) is 1.53. The van der Waals surface area contributed by atoms with Crippen LogP contribution in [-0.2, 0) is 33.2 Å². The van der Waals surface area contributed by atoms with Gasteiger partial charge in [0.15, 0.2) is 0 Å². The minimum Gasteiger partial charge on any atom is -0.383 e. The number of benzene rings is 2. The quantitative estimate of drug-likeness (QED) is 0.307. The van der Waals surface area contributed by atoms with Gasteiger partial charge in [0.05, 0.1) is 43.2 Å². The van der Waals surface area contributed by atoms with E-state index in [4.69, 9.17) is 9.47 Å². The van der Waals surface area contributed by atoms with Crippen molar-refractivity contribution in [3.05, 3.63) is 70.8 Å². The average Bonchev–Trinajstić information content (AvgIpc) is 2.84. The fraction of sp³-hybridized carbons (Fsp3) is 0.480. The van der Waals surface area contributed by atoms with Crippen LogP contribution in [0.2, 0.25) is 0 Å². The Labute approximate surface area is 205 Å². The van der Waals surface area contributed by atoms with Crippen molar-refractivity contribution < 1.29 is 40.6 Å². The van der Waals surface area contributed by atoms with Gasteiger partial charge in [-0.1, -0.05) is 30.3 Å². The van der Waals surface area contributed by atoms with Crippen molar-refractivity contribution in [2.75, 3.05) is 33.5 Å². The lowest BCUT2D eigenvalue weighted by molar-refractivity contribution is -0.143. The van der Waals surface area contributed by atoms with Crippen molar-refractivity contribution in [3.8, 4) is 0 Å². The SMILES string of the molecule is COCCN(C=O)CN1CCC[C@@H](OCc2cc(C(F)(F)F)cc(C(F)(F)F)c2)[C@H]1c1ccccc1. The standard InChI is InChI=1S/C25H28F6N2O3/c1-35-11-10-32(17-34)16-33-9-5-8-22(23(33)19-6-3-2-4-7-19)36-15-18-12-20(24(26,27)28)14-21(13-18)25(29,30)31/h2-4,6-7,12-14,17,22-23H,5,8-11,15-16H2,1H3/t22-,23-/m1/s1. The minimum atomic E-state index is -4.93. The first kappa shape index (κ1) is 27.9. The Morgan fingerprint density at radius 2 is 1.67 bits per heavy atom. The van der Waals surface area contributed by atoms with E-state index in [1.807, 2.05) is 35.2 Å². The fourth-order valence-corrected chi connectivity index (χ4v) is 4.34. The molecule has 2 aromatic rings. The molecule has 1 aliphatic rings. The van der Waals surface area contributed by atoms with Crippen LogP contribution in [0.25, 0.3) is 0 Å². The van der Waals surface area contributed by atoms with E-state index in [0.29, 0.717) is 51.1 Å². The highest BCUT2D eigenvalue weighted by atomic mass is 19.4. The summed E-state index contributed by atoms with van der Waals surface area (Å²) in [5.74, 6) is 0. The number of carbonyl (C=O) groups is 1. The van der Waals surface area contributed by atoms with E-state index < -0.39 is 36.2 Å². The molecule has 1 heterocycles. The Balaban J connectivity index is 1.85. The largest absolute Gasteiger partial charge is 0.416 e. The number of hydrogen-bond donors (Lipinski definition) is 0. The highest BCUT2D eigenvalue weighted by molar-refractivity contribution is 5.46. The first-order valence-electron chi connectivity index (χ1n) is 11.4. The summed E-state index contributed by atoms with van der Waals surface area (Å²) in [6.45, 7) is 1.20. The molecule has 5 nitrogen and oxygen atoms in total. The number of piperidine rings is 1. The summed E-state index contributed by atoms with van der Waals surface area (Å²) in [6, 6.07) is 10.4. The maximum atomic E-state index is 13.3. The number of hydrogen-bond acceptors (Lipinski definition) is 4. The van der Waals surface area contributed by atoms with Gasteiger partial charge in [-0.2, -0.15) is 26.3 Å². The second kappa shape index (κ2) is 12.1. The number of rotatable bonds is 10. The highest BCUT2D eigenvalue weighted by Gasteiger charge is 2.38. The third-order valence-corrected chi connectivity index (χ3v) is 6.03. The smallest absolute Gasteiger partial charge is 0.383 e. The third kappa shape index (κ3) is 7.44. The molecule has 0 spiro atoms. The van der Waals surface area contributed by atoms with Crippen LogP contribution in [0, 0.1) is 0 Å². The zero-order chi connectivity index (χ0) is 26.3. The molecule has 0 radical (unpaired) electrons. The normalized spacial score (nSPS) is 19.3. The first-order chi connectivity index (χ1) is 17.0. The molecule has 0 unspecified atom stereocenters. The van der Waals surface area contributed by atoms with Gasteiger partial charge >= 0.3 is 12.4 Å². The van der Waals surface area contributed by atoms with Gasteiger partial charge in [0.25, 0.3) is 0 Å². The van der Waals surface area contributed by atoms with Gasteiger partial charge in [-0.15, -0.1) is 0 Å². The van der Waals surface area contributed by atoms with Crippen LogP contribution in [0.15, 0.2) is 48.5 Å². The molecule has 0 N–H and O–H groups in total. The van der Waals surface area contributed by atoms with E-state index in [9.17, 15) is 31.1 Å².